The Bertz CT molecular complexity index is 361. The number of rotatable bonds is 2. The molecule has 0 saturated carbocycles. The van der Waals surface area contributed by atoms with Crippen molar-refractivity contribution in [1.82, 2.24) is 0 Å². The predicted molar refractivity (Wildman–Crippen MR) is 81.5 cm³/mol. The van der Waals surface area contributed by atoms with Crippen molar-refractivity contribution in [3.8, 4) is 0 Å². The summed E-state index contributed by atoms with van der Waals surface area (Å²) < 4.78 is 0. The number of nitrogens with zero attached hydrogens (tertiary/aromatic N) is 1. The van der Waals surface area contributed by atoms with Crippen molar-refractivity contribution in [2.24, 2.45) is 11.1 Å². The first-order valence-corrected chi connectivity index (χ1v) is 6.59. The smallest absolute Gasteiger partial charge is 0.0366 e. The Kier molecular flexibility index (Phi) is 5.06. The summed E-state index contributed by atoms with van der Waals surface area (Å²) >= 11 is 0. The summed E-state index contributed by atoms with van der Waals surface area (Å²) in [5.41, 5.74) is 8.96. The molecule has 1 atom stereocenters. The van der Waals surface area contributed by atoms with Gasteiger partial charge in [0.1, 0.15) is 0 Å². The molecule has 2 rings (SSSR count). The van der Waals surface area contributed by atoms with E-state index >= 15 is 0 Å². The van der Waals surface area contributed by atoms with E-state index in [1.165, 1.54) is 37.2 Å². The molecule has 0 aliphatic carbocycles. The van der Waals surface area contributed by atoms with Crippen molar-refractivity contribution in [2.45, 2.75) is 39.7 Å². The fourth-order valence-electron chi connectivity index (χ4n) is 2.37. The van der Waals surface area contributed by atoms with Gasteiger partial charge in [0.15, 0.2) is 0 Å². The van der Waals surface area contributed by atoms with Gasteiger partial charge in [0.2, 0.25) is 0 Å². The lowest BCUT2D eigenvalue weighted by Gasteiger charge is -2.28. The highest BCUT2D eigenvalue weighted by Gasteiger charge is 2.22. The van der Waals surface area contributed by atoms with Crippen LogP contribution < -0.4 is 10.6 Å². The average molecular weight is 269 g/mol. The Labute approximate surface area is 117 Å². The molecule has 102 valence electrons. The van der Waals surface area contributed by atoms with Crippen molar-refractivity contribution in [3.05, 3.63) is 29.8 Å². The molecule has 2 nitrogen and oxygen atoms in total. The van der Waals surface area contributed by atoms with Crippen LogP contribution in [-0.4, -0.2) is 13.1 Å². The second-order valence-corrected chi connectivity index (χ2v) is 6.13. The van der Waals surface area contributed by atoms with Gasteiger partial charge in [0.25, 0.3) is 0 Å². The monoisotopic (exact) mass is 268 g/mol. The van der Waals surface area contributed by atoms with Crippen molar-refractivity contribution < 1.29 is 0 Å². The van der Waals surface area contributed by atoms with Crippen LogP contribution in [0, 0.1) is 5.41 Å². The molecule has 0 aromatic heterocycles. The Morgan fingerprint density at radius 2 is 1.56 bits per heavy atom. The van der Waals surface area contributed by atoms with E-state index in [1.54, 1.807) is 0 Å². The molecule has 0 unspecified atom stereocenters. The first-order chi connectivity index (χ1) is 7.98. The second kappa shape index (κ2) is 5.94. The maximum atomic E-state index is 6.26. The highest BCUT2D eigenvalue weighted by atomic mass is 35.5. The van der Waals surface area contributed by atoms with E-state index in [4.69, 9.17) is 5.73 Å². The molecule has 1 aliphatic heterocycles. The normalized spacial score (nSPS) is 17.4. The van der Waals surface area contributed by atoms with E-state index in [0.717, 1.165) is 0 Å². The van der Waals surface area contributed by atoms with E-state index in [1.807, 2.05) is 0 Å². The summed E-state index contributed by atoms with van der Waals surface area (Å²) in [6.45, 7) is 8.96. The third-order valence-corrected chi connectivity index (χ3v) is 3.66. The highest BCUT2D eigenvalue weighted by molar-refractivity contribution is 5.85. The van der Waals surface area contributed by atoms with Crippen molar-refractivity contribution >= 4 is 18.1 Å². The highest BCUT2D eigenvalue weighted by Crippen LogP contribution is 2.31. The zero-order valence-corrected chi connectivity index (χ0v) is 12.5. The third-order valence-electron chi connectivity index (χ3n) is 3.66. The summed E-state index contributed by atoms with van der Waals surface area (Å²) in [5.74, 6) is 0. The van der Waals surface area contributed by atoms with Crippen LogP contribution in [0.4, 0.5) is 5.69 Å². The molecule has 0 amide bonds. The first kappa shape index (κ1) is 15.3. The summed E-state index contributed by atoms with van der Waals surface area (Å²) in [5, 5.41) is 0. The minimum Gasteiger partial charge on any atom is -0.372 e. The van der Waals surface area contributed by atoms with Gasteiger partial charge < -0.3 is 10.6 Å². The molecule has 3 heteroatoms. The molecule has 1 aliphatic rings. The lowest BCUT2D eigenvalue weighted by molar-refractivity contribution is 0.327. The maximum absolute atomic E-state index is 6.26. The number of halogens is 1. The maximum Gasteiger partial charge on any atom is 0.0366 e. The number of anilines is 1. The van der Waals surface area contributed by atoms with Gasteiger partial charge in [-0.15, -0.1) is 12.4 Å². The van der Waals surface area contributed by atoms with Crippen LogP contribution in [0.3, 0.4) is 0 Å². The molecule has 0 radical (unpaired) electrons. The second-order valence-electron chi connectivity index (χ2n) is 6.13. The minimum atomic E-state index is 0. The molecule has 18 heavy (non-hydrogen) atoms. The summed E-state index contributed by atoms with van der Waals surface area (Å²) in [7, 11) is 0. The van der Waals surface area contributed by atoms with E-state index in [9.17, 15) is 0 Å². The average Bonchev–Trinajstić information content (AvgIpc) is 2.80. The SMILES string of the molecule is CC(C)(C)[C@H](N)c1ccc(N2CCCC2)cc1.Cl. The van der Waals surface area contributed by atoms with Gasteiger partial charge in [0.05, 0.1) is 0 Å². The van der Waals surface area contributed by atoms with E-state index in [2.05, 4.69) is 49.9 Å². The van der Waals surface area contributed by atoms with Crippen molar-refractivity contribution in [1.29, 1.82) is 0 Å². The lowest BCUT2D eigenvalue weighted by atomic mass is 9.83. The molecule has 1 heterocycles. The van der Waals surface area contributed by atoms with Crippen molar-refractivity contribution in [2.75, 3.05) is 18.0 Å². The molecule has 0 spiro atoms. The standard InChI is InChI=1S/C15H24N2.ClH/c1-15(2,3)14(16)12-6-8-13(9-7-12)17-10-4-5-11-17;/h6-9,14H,4-5,10-11,16H2,1-3H3;1H/t14-;/m1./s1. The van der Waals surface area contributed by atoms with E-state index in [-0.39, 0.29) is 23.9 Å². The van der Waals surface area contributed by atoms with Crippen LogP contribution in [0.2, 0.25) is 0 Å². The molecular formula is C15H25ClN2. The van der Waals surface area contributed by atoms with Crippen LogP contribution in [0.1, 0.15) is 45.2 Å². The molecular weight excluding hydrogens is 244 g/mol. The lowest BCUT2D eigenvalue weighted by Crippen LogP contribution is -2.26. The van der Waals surface area contributed by atoms with E-state index < -0.39 is 0 Å². The van der Waals surface area contributed by atoms with Gasteiger partial charge in [0, 0.05) is 24.8 Å². The molecule has 0 bridgehead atoms. The fourth-order valence-corrected chi connectivity index (χ4v) is 2.37. The Hall–Kier alpha value is -0.730. The third kappa shape index (κ3) is 3.39. The minimum absolute atomic E-state index is 0. The number of hydrogen-bond acceptors (Lipinski definition) is 2. The van der Waals surface area contributed by atoms with Crippen LogP contribution in [0.15, 0.2) is 24.3 Å². The number of benzene rings is 1. The molecule has 1 aromatic rings. The van der Waals surface area contributed by atoms with Gasteiger partial charge in [-0.25, -0.2) is 0 Å². The van der Waals surface area contributed by atoms with Gasteiger partial charge in [-0.3, -0.25) is 0 Å². The number of nitrogens with two attached hydrogens (primary N) is 1. The molecule has 1 fully saturated rings. The van der Waals surface area contributed by atoms with Crippen LogP contribution in [0.5, 0.6) is 0 Å². The topological polar surface area (TPSA) is 29.3 Å². The van der Waals surface area contributed by atoms with Crippen molar-refractivity contribution in [3.63, 3.8) is 0 Å². The van der Waals surface area contributed by atoms with Gasteiger partial charge in [-0.05, 0) is 36.0 Å². The van der Waals surface area contributed by atoms with Gasteiger partial charge in [-0.2, -0.15) is 0 Å². The number of hydrogen-bond donors (Lipinski definition) is 1. The van der Waals surface area contributed by atoms with E-state index in [0.29, 0.717) is 0 Å². The molecule has 2 N–H and O–H groups in total. The van der Waals surface area contributed by atoms with Crippen LogP contribution in [-0.2, 0) is 0 Å². The zero-order valence-electron chi connectivity index (χ0n) is 11.6. The Balaban J connectivity index is 0.00000162. The predicted octanol–water partition coefficient (Wildman–Crippen LogP) is 3.75. The summed E-state index contributed by atoms with van der Waals surface area (Å²) in [4.78, 5) is 2.45. The van der Waals surface area contributed by atoms with Gasteiger partial charge >= 0.3 is 0 Å². The Morgan fingerprint density at radius 1 is 1.06 bits per heavy atom. The Morgan fingerprint density at radius 3 is 2.00 bits per heavy atom. The van der Waals surface area contributed by atoms with Crippen LogP contribution in [0.25, 0.3) is 0 Å². The first-order valence-electron chi connectivity index (χ1n) is 6.59. The fraction of sp³-hybridized carbons (Fsp3) is 0.600. The molecule has 1 saturated heterocycles. The largest absolute Gasteiger partial charge is 0.372 e. The van der Waals surface area contributed by atoms with Crippen LogP contribution >= 0.6 is 12.4 Å². The molecule has 1 aromatic carbocycles. The quantitative estimate of drug-likeness (QED) is 0.885. The van der Waals surface area contributed by atoms with Gasteiger partial charge in [-0.1, -0.05) is 32.9 Å². The summed E-state index contributed by atoms with van der Waals surface area (Å²) in [6, 6.07) is 8.90. The summed E-state index contributed by atoms with van der Waals surface area (Å²) in [6.07, 6.45) is 2.65. The zero-order chi connectivity index (χ0) is 12.5.